The number of aromatic nitrogens is 2. The van der Waals surface area contributed by atoms with Crippen LogP contribution in [0.2, 0.25) is 0 Å². The van der Waals surface area contributed by atoms with E-state index in [1.807, 2.05) is 66.5 Å². The fraction of sp³-hybridized carbons (Fsp3) is 0.118. The first-order valence-electron chi connectivity index (χ1n) is 7.14. The standard InChI is InChI=1S/C17H16N4OS/c1-12(22)18-14-10-8-13(9-11-14)16-19-20-17(23-16)21(2)15-6-4-3-5-7-15/h3-11H,1-2H3,(H,18,22). The number of para-hydroxylation sites is 1. The summed E-state index contributed by atoms with van der Waals surface area (Å²) >= 11 is 1.53. The second-order valence-electron chi connectivity index (χ2n) is 5.04. The van der Waals surface area contributed by atoms with Gasteiger partial charge in [0.1, 0.15) is 5.01 Å². The molecule has 0 aliphatic rings. The summed E-state index contributed by atoms with van der Waals surface area (Å²) in [4.78, 5) is 13.1. The Kier molecular flexibility index (Phi) is 4.34. The summed E-state index contributed by atoms with van der Waals surface area (Å²) in [5, 5.41) is 13.0. The van der Waals surface area contributed by atoms with Gasteiger partial charge in [0.15, 0.2) is 0 Å². The van der Waals surface area contributed by atoms with Crippen LogP contribution >= 0.6 is 11.3 Å². The molecule has 0 spiro atoms. The topological polar surface area (TPSA) is 58.1 Å². The molecule has 0 aliphatic heterocycles. The summed E-state index contributed by atoms with van der Waals surface area (Å²) in [6.45, 7) is 1.49. The zero-order chi connectivity index (χ0) is 16.2. The summed E-state index contributed by atoms with van der Waals surface area (Å²) in [6.07, 6.45) is 0. The number of anilines is 3. The van der Waals surface area contributed by atoms with Crippen molar-refractivity contribution in [3.8, 4) is 10.6 Å². The van der Waals surface area contributed by atoms with Crippen LogP contribution in [0.3, 0.4) is 0 Å². The first kappa shape index (κ1) is 15.2. The van der Waals surface area contributed by atoms with Crippen LogP contribution in [-0.4, -0.2) is 23.2 Å². The van der Waals surface area contributed by atoms with E-state index in [9.17, 15) is 4.79 Å². The van der Waals surface area contributed by atoms with Crippen molar-refractivity contribution in [2.45, 2.75) is 6.92 Å². The van der Waals surface area contributed by atoms with E-state index in [1.54, 1.807) is 0 Å². The Hall–Kier alpha value is -2.73. The third-order valence-corrected chi connectivity index (χ3v) is 4.35. The molecule has 1 amide bonds. The maximum absolute atomic E-state index is 11.0. The van der Waals surface area contributed by atoms with E-state index in [-0.39, 0.29) is 5.91 Å². The van der Waals surface area contributed by atoms with Crippen LogP contribution in [0.4, 0.5) is 16.5 Å². The van der Waals surface area contributed by atoms with Crippen molar-refractivity contribution in [3.63, 3.8) is 0 Å². The molecule has 0 saturated heterocycles. The van der Waals surface area contributed by atoms with Crippen LogP contribution in [0, 0.1) is 0 Å². The largest absolute Gasteiger partial charge is 0.326 e. The van der Waals surface area contributed by atoms with Gasteiger partial charge in [-0.25, -0.2) is 0 Å². The van der Waals surface area contributed by atoms with E-state index < -0.39 is 0 Å². The van der Waals surface area contributed by atoms with Gasteiger partial charge in [0.2, 0.25) is 11.0 Å². The number of carbonyl (C=O) groups excluding carboxylic acids is 1. The molecule has 0 atom stereocenters. The highest BCUT2D eigenvalue weighted by atomic mass is 32.1. The number of rotatable bonds is 4. The molecule has 5 nitrogen and oxygen atoms in total. The molecule has 0 aliphatic carbocycles. The highest BCUT2D eigenvalue weighted by Crippen LogP contribution is 2.32. The van der Waals surface area contributed by atoms with Gasteiger partial charge < -0.3 is 10.2 Å². The van der Waals surface area contributed by atoms with E-state index in [2.05, 4.69) is 15.5 Å². The average molecular weight is 324 g/mol. The summed E-state index contributed by atoms with van der Waals surface area (Å²) in [5.74, 6) is -0.0829. The van der Waals surface area contributed by atoms with Gasteiger partial charge in [0.05, 0.1) is 0 Å². The Morgan fingerprint density at radius 2 is 1.74 bits per heavy atom. The maximum atomic E-state index is 11.0. The highest BCUT2D eigenvalue weighted by Gasteiger charge is 2.11. The molecular formula is C17H16N4OS. The first-order valence-corrected chi connectivity index (χ1v) is 7.95. The van der Waals surface area contributed by atoms with Gasteiger partial charge in [-0.05, 0) is 36.4 Å². The van der Waals surface area contributed by atoms with Gasteiger partial charge in [-0.2, -0.15) is 0 Å². The third-order valence-electron chi connectivity index (χ3n) is 3.30. The smallest absolute Gasteiger partial charge is 0.221 e. The third kappa shape index (κ3) is 3.54. The summed E-state index contributed by atoms with van der Waals surface area (Å²) < 4.78 is 0. The molecule has 2 aromatic carbocycles. The van der Waals surface area contributed by atoms with Crippen molar-refractivity contribution in [1.29, 1.82) is 0 Å². The lowest BCUT2D eigenvalue weighted by Gasteiger charge is -2.14. The predicted octanol–water partition coefficient (Wildman–Crippen LogP) is 3.93. The van der Waals surface area contributed by atoms with E-state index in [0.717, 1.165) is 27.1 Å². The SMILES string of the molecule is CC(=O)Nc1ccc(-c2nnc(N(C)c3ccccc3)s2)cc1. The highest BCUT2D eigenvalue weighted by molar-refractivity contribution is 7.18. The number of carbonyl (C=O) groups is 1. The lowest BCUT2D eigenvalue weighted by molar-refractivity contribution is -0.114. The minimum atomic E-state index is -0.0829. The molecule has 1 heterocycles. The monoisotopic (exact) mass is 324 g/mol. The van der Waals surface area contributed by atoms with Crippen LogP contribution in [0.1, 0.15) is 6.92 Å². The lowest BCUT2D eigenvalue weighted by Crippen LogP contribution is -2.08. The number of hydrogen-bond acceptors (Lipinski definition) is 5. The Balaban J connectivity index is 1.80. The minimum absolute atomic E-state index is 0.0829. The molecule has 3 aromatic rings. The Morgan fingerprint density at radius 3 is 2.39 bits per heavy atom. The van der Waals surface area contributed by atoms with Gasteiger partial charge in [0, 0.05) is 30.9 Å². The number of benzene rings is 2. The Labute approximate surface area is 138 Å². The number of nitrogens with one attached hydrogen (secondary N) is 1. The normalized spacial score (nSPS) is 10.3. The number of nitrogens with zero attached hydrogens (tertiary/aromatic N) is 3. The maximum Gasteiger partial charge on any atom is 0.221 e. The van der Waals surface area contributed by atoms with Crippen molar-refractivity contribution in [3.05, 3.63) is 54.6 Å². The summed E-state index contributed by atoms with van der Waals surface area (Å²) in [7, 11) is 1.97. The molecule has 23 heavy (non-hydrogen) atoms. The minimum Gasteiger partial charge on any atom is -0.326 e. The molecule has 116 valence electrons. The molecule has 0 unspecified atom stereocenters. The molecule has 1 N–H and O–H groups in total. The fourth-order valence-electron chi connectivity index (χ4n) is 2.13. The Bertz CT molecular complexity index is 799. The first-order chi connectivity index (χ1) is 11.1. The van der Waals surface area contributed by atoms with Gasteiger partial charge in [-0.3, -0.25) is 4.79 Å². The molecule has 1 aromatic heterocycles. The molecule has 0 bridgehead atoms. The summed E-state index contributed by atoms with van der Waals surface area (Å²) in [5.41, 5.74) is 2.81. The zero-order valence-electron chi connectivity index (χ0n) is 12.9. The van der Waals surface area contributed by atoms with Gasteiger partial charge >= 0.3 is 0 Å². The molecule has 0 radical (unpaired) electrons. The van der Waals surface area contributed by atoms with Crippen LogP contribution in [0.15, 0.2) is 54.6 Å². The molecule has 6 heteroatoms. The van der Waals surface area contributed by atoms with Crippen LogP contribution in [-0.2, 0) is 4.79 Å². The van der Waals surface area contributed by atoms with Crippen molar-refractivity contribution in [2.24, 2.45) is 0 Å². The quantitative estimate of drug-likeness (QED) is 0.790. The Morgan fingerprint density at radius 1 is 1.04 bits per heavy atom. The lowest BCUT2D eigenvalue weighted by atomic mass is 10.2. The van der Waals surface area contributed by atoms with Crippen molar-refractivity contribution in [2.75, 3.05) is 17.3 Å². The average Bonchev–Trinajstić information content (AvgIpc) is 3.05. The van der Waals surface area contributed by atoms with Crippen LogP contribution < -0.4 is 10.2 Å². The van der Waals surface area contributed by atoms with E-state index in [1.165, 1.54) is 18.3 Å². The molecule has 3 rings (SSSR count). The van der Waals surface area contributed by atoms with E-state index >= 15 is 0 Å². The molecular weight excluding hydrogens is 308 g/mol. The van der Waals surface area contributed by atoms with Crippen molar-refractivity contribution in [1.82, 2.24) is 10.2 Å². The molecule has 0 saturated carbocycles. The van der Waals surface area contributed by atoms with Crippen LogP contribution in [0.5, 0.6) is 0 Å². The second-order valence-corrected chi connectivity index (χ2v) is 6.00. The van der Waals surface area contributed by atoms with Crippen LogP contribution in [0.25, 0.3) is 10.6 Å². The zero-order valence-corrected chi connectivity index (χ0v) is 13.7. The summed E-state index contributed by atoms with van der Waals surface area (Å²) in [6, 6.07) is 17.6. The van der Waals surface area contributed by atoms with Gasteiger partial charge in [-0.1, -0.05) is 29.5 Å². The molecule has 0 fully saturated rings. The van der Waals surface area contributed by atoms with Gasteiger partial charge in [0.25, 0.3) is 0 Å². The van der Waals surface area contributed by atoms with Gasteiger partial charge in [-0.15, -0.1) is 10.2 Å². The van der Waals surface area contributed by atoms with Crippen molar-refractivity contribution >= 4 is 33.8 Å². The fourth-order valence-corrected chi connectivity index (χ4v) is 2.96. The number of amides is 1. The van der Waals surface area contributed by atoms with E-state index in [4.69, 9.17) is 0 Å². The predicted molar refractivity (Wildman–Crippen MR) is 94.2 cm³/mol. The number of hydrogen-bond donors (Lipinski definition) is 1. The second kappa shape index (κ2) is 6.58. The van der Waals surface area contributed by atoms with Crippen molar-refractivity contribution < 1.29 is 4.79 Å². The van der Waals surface area contributed by atoms with E-state index in [0.29, 0.717) is 0 Å².